The second-order valence-electron chi connectivity index (χ2n) is 5.99. The van der Waals surface area contributed by atoms with E-state index in [0.717, 1.165) is 5.69 Å². The van der Waals surface area contributed by atoms with Gasteiger partial charge in [0.25, 0.3) is 5.91 Å². The molecule has 25 heavy (non-hydrogen) atoms. The molecule has 1 saturated heterocycles. The molecule has 1 aromatic heterocycles. The number of carbonyl (C=O) groups is 2. The van der Waals surface area contributed by atoms with Crippen LogP contribution in [0.2, 0.25) is 0 Å². The number of hydrogen-bond donors (Lipinski definition) is 0. The summed E-state index contributed by atoms with van der Waals surface area (Å²) in [6.07, 6.45) is 1.70. The molecule has 1 fully saturated rings. The van der Waals surface area contributed by atoms with E-state index >= 15 is 0 Å². The van der Waals surface area contributed by atoms with Crippen LogP contribution in [-0.2, 0) is 4.79 Å². The van der Waals surface area contributed by atoms with E-state index < -0.39 is 6.04 Å². The summed E-state index contributed by atoms with van der Waals surface area (Å²) in [5.41, 5.74) is 1.07. The van der Waals surface area contributed by atoms with Gasteiger partial charge in [0.15, 0.2) is 11.4 Å². The van der Waals surface area contributed by atoms with E-state index in [0.29, 0.717) is 25.4 Å². The van der Waals surface area contributed by atoms with Gasteiger partial charge in [0, 0.05) is 20.1 Å². The Morgan fingerprint density at radius 1 is 1.28 bits per heavy atom. The SMILES string of the molecule is CCOc1cn(-c2ccccc2)nc1C(=O)N1CCN(C)C(=O)C1C. The van der Waals surface area contributed by atoms with Crippen LogP contribution in [0.15, 0.2) is 36.5 Å². The standard InChI is InChI=1S/C18H22N4O3/c1-4-25-15-12-22(14-8-6-5-7-9-14)19-16(15)18(24)21-11-10-20(3)17(23)13(21)2/h5-9,12-13H,4,10-11H2,1-3H3. The molecular formula is C18H22N4O3. The molecule has 2 aromatic rings. The fraction of sp³-hybridized carbons (Fsp3) is 0.389. The lowest BCUT2D eigenvalue weighted by Crippen LogP contribution is -2.56. The number of ether oxygens (including phenoxy) is 1. The molecule has 1 atom stereocenters. The third kappa shape index (κ3) is 3.22. The predicted octanol–water partition coefficient (Wildman–Crippen LogP) is 1.57. The van der Waals surface area contributed by atoms with Crippen LogP contribution in [0.1, 0.15) is 24.3 Å². The molecule has 0 radical (unpaired) electrons. The van der Waals surface area contributed by atoms with E-state index in [1.54, 1.807) is 34.6 Å². The van der Waals surface area contributed by atoms with Crippen LogP contribution in [0.5, 0.6) is 5.75 Å². The van der Waals surface area contributed by atoms with Crippen molar-refractivity contribution in [2.75, 3.05) is 26.7 Å². The lowest BCUT2D eigenvalue weighted by atomic mass is 10.1. The Hall–Kier alpha value is -2.83. The quantitative estimate of drug-likeness (QED) is 0.846. The van der Waals surface area contributed by atoms with Gasteiger partial charge in [0.05, 0.1) is 18.5 Å². The van der Waals surface area contributed by atoms with E-state index in [1.807, 2.05) is 37.3 Å². The summed E-state index contributed by atoms with van der Waals surface area (Å²) in [5.74, 6) is 0.0714. The lowest BCUT2D eigenvalue weighted by molar-refractivity contribution is -0.137. The average molecular weight is 342 g/mol. The highest BCUT2D eigenvalue weighted by molar-refractivity contribution is 5.98. The van der Waals surface area contributed by atoms with Gasteiger partial charge in [-0.25, -0.2) is 4.68 Å². The van der Waals surface area contributed by atoms with Crippen LogP contribution in [0.3, 0.4) is 0 Å². The Morgan fingerprint density at radius 3 is 2.68 bits per heavy atom. The number of likely N-dealkylation sites (N-methyl/N-ethyl adjacent to an activating group) is 1. The molecule has 2 amide bonds. The molecule has 1 unspecified atom stereocenters. The van der Waals surface area contributed by atoms with Crippen LogP contribution in [0.25, 0.3) is 5.69 Å². The summed E-state index contributed by atoms with van der Waals surface area (Å²) < 4.78 is 7.23. The molecule has 0 bridgehead atoms. The van der Waals surface area contributed by atoms with Gasteiger partial charge in [-0.15, -0.1) is 0 Å². The molecule has 1 aliphatic rings. The summed E-state index contributed by atoms with van der Waals surface area (Å²) in [6, 6.07) is 9.01. The molecular weight excluding hydrogens is 320 g/mol. The number of aromatic nitrogens is 2. The predicted molar refractivity (Wildman–Crippen MR) is 92.9 cm³/mol. The first kappa shape index (κ1) is 17.0. The van der Waals surface area contributed by atoms with Crippen molar-refractivity contribution in [1.82, 2.24) is 19.6 Å². The third-order valence-corrected chi connectivity index (χ3v) is 4.34. The summed E-state index contributed by atoms with van der Waals surface area (Å²) in [4.78, 5) is 28.4. The van der Waals surface area contributed by atoms with Crippen molar-refractivity contribution in [3.8, 4) is 11.4 Å². The maximum Gasteiger partial charge on any atom is 0.278 e. The number of rotatable bonds is 4. The molecule has 0 spiro atoms. The molecule has 1 aliphatic heterocycles. The third-order valence-electron chi connectivity index (χ3n) is 4.34. The monoisotopic (exact) mass is 342 g/mol. The first-order valence-corrected chi connectivity index (χ1v) is 8.36. The second-order valence-corrected chi connectivity index (χ2v) is 5.99. The molecule has 7 heteroatoms. The van der Waals surface area contributed by atoms with E-state index in [4.69, 9.17) is 4.74 Å². The van der Waals surface area contributed by atoms with Crippen molar-refractivity contribution in [3.63, 3.8) is 0 Å². The minimum Gasteiger partial charge on any atom is -0.490 e. The van der Waals surface area contributed by atoms with Crippen molar-refractivity contribution >= 4 is 11.8 Å². The zero-order valence-corrected chi connectivity index (χ0v) is 14.7. The molecule has 1 aromatic carbocycles. The molecule has 0 N–H and O–H groups in total. The van der Waals surface area contributed by atoms with Crippen molar-refractivity contribution in [3.05, 3.63) is 42.2 Å². The van der Waals surface area contributed by atoms with Crippen LogP contribution in [-0.4, -0.2) is 64.2 Å². The Balaban J connectivity index is 1.94. The number of amides is 2. The highest BCUT2D eigenvalue weighted by Crippen LogP contribution is 2.23. The smallest absolute Gasteiger partial charge is 0.278 e. The summed E-state index contributed by atoms with van der Waals surface area (Å²) in [5, 5.41) is 4.43. The van der Waals surface area contributed by atoms with E-state index in [9.17, 15) is 9.59 Å². The van der Waals surface area contributed by atoms with Gasteiger partial charge in [0.1, 0.15) is 6.04 Å². The first-order valence-electron chi connectivity index (χ1n) is 8.36. The summed E-state index contributed by atoms with van der Waals surface area (Å²) >= 11 is 0. The van der Waals surface area contributed by atoms with Crippen LogP contribution in [0.4, 0.5) is 0 Å². The number of hydrogen-bond acceptors (Lipinski definition) is 4. The molecule has 0 saturated carbocycles. The largest absolute Gasteiger partial charge is 0.490 e. The van der Waals surface area contributed by atoms with Gasteiger partial charge in [-0.05, 0) is 26.0 Å². The Kier molecular flexibility index (Phi) is 4.74. The van der Waals surface area contributed by atoms with Crippen molar-refractivity contribution in [2.24, 2.45) is 0 Å². The Bertz CT molecular complexity index is 772. The van der Waals surface area contributed by atoms with Crippen molar-refractivity contribution in [2.45, 2.75) is 19.9 Å². The Labute approximate surface area is 146 Å². The van der Waals surface area contributed by atoms with Gasteiger partial charge in [-0.2, -0.15) is 5.10 Å². The number of benzene rings is 1. The van der Waals surface area contributed by atoms with Gasteiger partial charge < -0.3 is 14.5 Å². The molecule has 0 aliphatic carbocycles. The van der Waals surface area contributed by atoms with E-state index in [-0.39, 0.29) is 17.5 Å². The topological polar surface area (TPSA) is 67.7 Å². The fourth-order valence-electron chi connectivity index (χ4n) is 2.91. The second kappa shape index (κ2) is 6.96. The molecule has 2 heterocycles. The van der Waals surface area contributed by atoms with Crippen molar-refractivity contribution in [1.29, 1.82) is 0 Å². The zero-order chi connectivity index (χ0) is 18.0. The lowest BCUT2D eigenvalue weighted by Gasteiger charge is -2.37. The first-order chi connectivity index (χ1) is 12.0. The summed E-state index contributed by atoms with van der Waals surface area (Å²) in [7, 11) is 1.75. The highest BCUT2D eigenvalue weighted by Gasteiger charge is 2.35. The number of carbonyl (C=O) groups excluding carboxylic acids is 2. The maximum atomic E-state index is 13.0. The fourth-order valence-corrected chi connectivity index (χ4v) is 2.91. The van der Waals surface area contributed by atoms with E-state index in [1.165, 1.54) is 0 Å². The minimum absolute atomic E-state index is 0.0694. The molecule has 3 rings (SSSR count). The number of nitrogens with zero attached hydrogens (tertiary/aromatic N) is 4. The van der Waals surface area contributed by atoms with Crippen molar-refractivity contribution < 1.29 is 14.3 Å². The molecule has 7 nitrogen and oxygen atoms in total. The Morgan fingerprint density at radius 2 is 2.00 bits per heavy atom. The highest BCUT2D eigenvalue weighted by atomic mass is 16.5. The van der Waals surface area contributed by atoms with Crippen LogP contribution >= 0.6 is 0 Å². The zero-order valence-electron chi connectivity index (χ0n) is 14.7. The van der Waals surface area contributed by atoms with Gasteiger partial charge in [0.2, 0.25) is 5.91 Å². The average Bonchev–Trinajstić information content (AvgIpc) is 3.04. The normalized spacial score (nSPS) is 17.7. The molecule has 132 valence electrons. The van der Waals surface area contributed by atoms with Gasteiger partial charge in [-0.3, -0.25) is 9.59 Å². The maximum absolute atomic E-state index is 13.0. The van der Waals surface area contributed by atoms with Gasteiger partial charge >= 0.3 is 0 Å². The van der Waals surface area contributed by atoms with Gasteiger partial charge in [-0.1, -0.05) is 18.2 Å². The van der Waals surface area contributed by atoms with E-state index in [2.05, 4.69) is 5.10 Å². The summed E-state index contributed by atoms with van der Waals surface area (Å²) in [6.45, 7) is 5.02. The number of piperazine rings is 1. The van der Waals surface area contributed by atoms with Crippen LogP contribution < -0.4 is 4.74 Å². The number of para-hydroxylation sites is 1. The minimum atomic E-state index is -0.511. The van der Waals surface area contributed by atoms with Crippen LogP contribution in [0, 0.1) is 0 Å².